The highest BCUT2D eigenvalue weighted by Gasteiger charge is 2.30. The molecule has 2 aliphatic heterocycles. The number of piperidine rings is 1. The summed E-state index contributed by atoms with van der Waals surface area (Å²) in [7, 11) is 4.09. The fourth-order valence-corrected chi connectivity index (χ4v) is 3.17. The van der Waals surface area contributed by atoms with Crippen molar-refractivity contribution in [1.82, 2.24) is 9.80 Å². The normalized spacial score (nSPS) is 22.9. The molecule has 114 valence electrons. The number of fused-ring (bicyclic) bond motifs is 1. The lowest BCUT2D eigenvalue weighted by Gasteiger charge is -2.38. The van der Waals surface area contributed by atoms with E-state index in [1.165, 1.54) is 0 Å². The van der Waals surface area contributed by atoms with Crippen LogP contribution >= 0.6 is 0 Å². The molecule has 5 heteroatoms. The summed E-state index contributed by atoms with van der Waals surface area (Å²) in [6.45, 7) is 2.79. The molecule has 2 heterocycles. The van der Waals surface area contributed by atoms with Gasteiger partial charge in [-0.05, 0) is 45.1 Å². The summed E-state index contributed by atoms with van der Waals surface area (Å²) >= 11 is 0. The van der Waals surface area contributed by atoms with Crippen molar-refractivity contribution in [3.63, 3.8) is 0 Å². The highest BCUT2D eigenvalue weighted by molar-refractivity contribution is 5.88. The zero-order valence-electron chi connectivity index (χ0n) is 12.8. The maximum atomic E-state index is 12.7. The van der Waals surface area contributed by atoms with Gasteiger partial charge >= 0.3 is 0 Å². The molecule has 0 spiro atoms. The number of carbonyl (C=O) groups excluding carboxylic acids is 1. The van der Waals surface area contributed by atoms with Crippen LogP contribution in [0.4, 0.5) is 11.4 Å². The summed E-state index contributed by atoms with van der Waals surface area (Å²) in [6, 6.07) is 8.22. The van der Waals surface area contributed by atoms with Crippen LogP contribution in [0.25, 0.3) is 0 Å². The largest absolute Gasteiger partial charge is 0.381 e. The lowest BCUT2D eigenvalue weighted by molar-refractivity contribution is -0.133. The fraction of sp³-hybridized carbons (Fsp3) is 0.562. The highest BCUT2D eigenvalue weighted by Crippen LogP contribution is 2.26. The summed E-state index contributed by atoms with van der Waals surface area (Å²) in [5, 5.41) is 6.70. The number of hydrogen-bond donors (Lipinski definition) is 2. The van der Waals surface area contributed by atoms with Crippen LogP contribution in [0.15, 0.2) is 24.3 Å². The molecule has 0 aromatic heterocycles. The quantitative estimate of drug-likeness (QED) is 0.864. The van der Waals surface area contributed by atoms with E-state index in [0.717, 1.165) is 37.3 Å². The number of amides is 1. The van der Waals surface area contributed by atoms with E-state index < -0.39 is 0 Å². The molecule has 1 aromatic carbocycles. The standard InChI is InChI=1S/C16H24N4O/c1-19-9-7-12(8-10-19)20(2)16(21)15-11-17-13-5-3-4-6-14(13)18-15/h3-6,12,15,17-18H,7-11H2,1-2H3. The molecule has 0 aliphatic carbocycles. The number of likely N-dealkylation sites (N-methyl/N-ethyl adjacent to an activating group) is 1. The topological polar surface area (TPSA) is 47.6 Å². The summed E-state index contributed by atoms with van der Waals surface area (Å²) in [5.74, 6) is 0.187. The van der Waals surface area contributed by atoms with Crippen molar-refractivity contribution >= 4 is 17.3 Å². The number of nitrogens with zero attached hydrogens (tertiary/aromatic N) is 2. The van der Waals surface area contributed by atoms with Gasteiger partial charge in [0.1, 0.15) is 6.04 Å². The lowest BCUT2D eigenvalue weighted by atomic mass is 10.0. The van der Waals surface area contributed by atoms with Crippen LogP contribution in [0.1, 0.15) is 12.8 Å². The molecule has 1 unspecified atom stereocenters. The van der Waals surface area contributed by atoms with Crippen LogP contribution < -0.4 is 10.6 Å². The average molecular weight is 288 g/mol. The van der Waals surface area contributed by atoms with Crippen molar-refractivity contribution in [1.29, 1.82) is 0 Å². The van der Waals surface area contributed by atoms with Crippen molar-refractivity contribution < 1.29 is 4.79 Å². The number of para-hydroxylation sites is 2. The summed E-state index contributed by atoms with van der Waals surface area (Å²) in [6.07, 6.45) is 2.13. The van der Waals surface area contributed by atoms with Crippen molar-refractivity contribution in [2.45, 2.75) is 24.9 Å². The minimum atomic E-state index is -0.176. The van der Waals surface area contributed by atoms with Gasteiger partial charge in [0, 0.05) is 19.6 Å². The van der Waals surface area contributed by atoms with E-state index in [-0.39, 0.29) is 11.9 Å². The SMILES string of the molecule is CN1CCC(N(C)C(=O)C2CNc3ccccc3N2)CC1. The minimum absolute atomic E-state index is 0.176. The fourth-order valence-electron chi connectivity index (χ4n) is 3.17. The van der Waals surface area contributed by atoms with E-state index in [1.54, 1.807) is 0 Å². The Morgan fingerprint density at radius 3 is 2.62 bits per heavy atom. The van der Waals surface area contributed by atoms with Crippen LogP contribution in [-0.2, 0) is 4.79 Å². The van der Waals surface area contributed by atoms with Gasteiger partial charge in [0.25, 0.3) is 0 Å². The molecular formula is C16H24N4O. The Morgan fingerprint density at radius 2 is 1.90 bits per heavy atom. The van der Waals surface area contributed by atoms with Gasteiger partial charge in [0.05, 0.1) is 11.4 Å². The summed E-state index contributed by atoms with van der Waals surface area (Å²) < 4.78 is 0. The van der Waals surface area contributed by atoms with Gasteiger partial charge in [-0.15, -0.1) is 0 Å². The Morgan fingerprint density at radius 1 is 1.24 bits per heavy atom. The molecular weight excluding hydrogens is 264 g/mol. The molecule has 0 bridgehead atoms. The number of hydrogen-bond acceptors (Lipinski definition) is 4. The van der Waals surface area contributed by atoms with Gasteiger partial charge in [-0.25, -0.2) is 0 Å². The van der Waals surface area contributed by atoms with Crippen LogP contribution in [0, 0.1) is 0 Å². The monoisotopic (exact) mass is 288 g/mol. The molecule has 21 heavy (non-hydrogen) atoms. The molecule has 0 radical (unpaired) electrons. The molecule has 1 aromatic rings. The van der Waals surface area contributed by atoms with Crippen molar-refractivity contribution in [2.24, 2.45) is 0 Å². The maximum Gasteiger partial charge on any atom is 0.246 e. The first kappa shape index (κ1) is 14.2. The molecule has 0 saturated carbocycles. The van der Waals surface area contributed by atoms with E-state index in [1.807, 2.05) is 36.2 Å². The predicted molar refractivity (Wildman–Crippen MR) is 85.6 cm³/mol. The van der Waals surface area contributed by atoms with Crippen LogP contribution in [0.5, 0.6) is 0 Å². The van der Waals surface area contributed by atoms with E-state index in [2.05, 4.69) is 22.6 Å². The molecule has 2 N–H and O–H groups in total. The van der Waals surface area contributed by atoms with Gasteiger partial charge in [-0.3, -0.25) is 4.79 Å². The molecule has 2 aliphatic rings. The molecule has 1 saturated heterocycles. The Kier molecular flexibility index (Phi) is 4.01. The van der Waals surface area contributed by atoms with Gasteiger partial charge < -0.3 is 20.4 Å². The van der Waals surface area contributed by atoms with Gasteiger partial charge in [0.2, 0.25) is 5.91 Å². The summed E-state index contributed by atoms with van der Waals surface area (Å²) in [4.78, 5) is 17.0. The van der Waals surface area contributed by atoms with Gasteiger partial charge in [0.15, 0.2) is 0 Å². The maximum absolute atomic E-state index is 12.7. The first-order chi connectivity index (χ1) is 10.1. The number of carbonyl (C=O) groups is 1. The number of rotatable bonds is 2. The van der Waals surface area contributed by atoms with E-state index in [9.17, 15) is 4.79 Å². The Labute approximate surface area is 126 Å². The van der Waals surface area contributed by atoms with E-state index in [4.69, 9.17) is 0 Å². The van der Waals surface area contributed by atoms with Crippen molar-refractivity contribution in [3.05, 3.63) is 24.3 Å². The second kappa shape index (κ2) is 5.93. The third-order valence-electron chi connectivity index (χ3n) is 4.63. The molecule has 3 rings (SSSR count). The van der Waals surface area contributed by atoms with Crippen LogP contribution in [-0.4, -0.2) is 61.5 Å². The Hall–Kier alpha value is -1.75. The number of likely N-dealkylation sites (tertiary alicyclic amines) is 1. The van der Waals surface area contributed by atoms with E-state index in [0.29, 0.717) is 12.6 Å². The third-order valence-corrected chi connectivity index (χ3v) is 4.63. The lowest BCUT2D eigenvalue weighted by Crippen LogP contribution is -2.52. The predicted octanol–water partition coefficient (Wildman–Crippen LogP) is 1.45. The van der Waals surface area contributed by atoms with Crippen molar-refractivity contribution in [2.75, 3.05) is 44.4 Å². The highest BCUT2D eigenvalue weighted by atomic mass is 16.2. The first-order valence-corrected chi connectivity index (χ1v) is 7.70. The van der Waals surface area contributed by atoms with Crippen LogP contribution in [0.2, 0.25) is 0 Å². The zero-order chi connectivity index (χ0) is 14.8. The zero-order valence-corrected chi connectivity index (χ0v) is 12.8. The smallest absolute Gasteiger partial charge is 0.246 e. The van der Waals surface area contributed by atoms with Crippen molar-refractivity contribution in [3.8, 4) is 0 Å². The second-order valence-corrected chi connectivity index (χ2v) is 6.11. The Bertz CT molecular complexity index is 511. The molecule has 5 nitrogen and oxygen atoms in total. The second-order valence-electron chi connectivity index (χ2n) is 6.11. The van der Waals surface area contributed by atoms with Gasteiger partial charge in [-0.1, -0.05) is 12.1 Å². The average Bonchev–Trinajstić information content (AvgIpc) is 2.54. The Balaban J connectivity index is 1.63. The third kappa shape index (κ3) is 2.97. The minimum Gasteiger partial charge on any atom is -0.381 e. The first-order valence-electron chi connectivity index (χ1n) is 7.70. The van der Waals surface area contributed by atoms with Gasteiger partial charge in [-0.2, -0.15) is 0 Å². The van der Waals surface area contributed by atoms with Crippen LogP contribution in [0.3, 0.4) is 0 Å². The number of nitrogens with one attached hydrogen (secondary N) is 2. The summed E-state index contributed by atoms with van der Waals surface area (Å²) in [5.41, 5.74) is 2.09. The molecule has 1 atom stereocenters. The molecule has 1 amide bonds. The number of anilines is 2. The molecule has 1 fully saturated rings. The van der Waals surface area contributed by atoms with E-state index >= 15 is 0 Å². The number of benzene rings is 1.